The molecule has 0 spiro atoms. The molecule has 0 heterocycles. The molecule has 2 aromatic rings. The lowest BCUT2D eigenvalue weighted by Crippen LogP contribution is -2.72. The zero-order valence-electron chi connectivity index (χ0n) is 25.5. The fourth-order valence-electron chi connectivity index (χ4n) is 8.09. The Morgan fingerprint density at radius 2 is 1.38 bits per heavy atom. The van der Waals surface area contributed by atoms with Crippen molar-refractivity contribution in [3.63, 3.8) is 0 Å². The molecule has 45 heavy (non-hydrogen) atoms. The summed E-state index contributed by atoms with van der Waals surface area (Å²) in [7, 11) is 0. The largest absolute Gasteiger partial charge is 0.459 e. The summed E-state index contributed by atoms with van der Waals surface area (Å²) in [6, 6.07) is 15.6. The standard InChI is InChI=1S/C34H42O11/c1-18(2)31(40)16-20(4)33(42)23-15-19(3)25(35)34(23,43)30(39)32(41,17-44-28(37)21-11-7-5-8-12-21)26(36)24(33)27(31)45-29(38)22-13-9-6-10-14-22/h5-14,19-20,23-27,30,35-36,39-43H,1,15-17H2,2-4H3. The molecular formula is C34H42O11. The van der Waals surface area contributed by atoms with Gasteiger partial charge in [0.2, 0.25) is 0 Å². The minimum atomic E-state index is -2.94. The second-order valence-corrected chi connectivity index (χ2v) is 13.3. The Bertz CT molecular complexity index is 1430. The minimum absolute atomic E-state index is 0.0660. The van der Waals surface area contributed by atoms with E-state index in [0.29, 0.717) is 0 Å². The highest BCUT2D eigenvalue weighted by atomic mass is 16.6. The fraction of sp³-hybridized carbons (Fsp3) is 0.529. The van der Waals surface area contributed by atoms with Crippen LogP contribution in [0.1, 0.15) is 54.3 Å². The number of aliphatic hydroxyl groups excluding tert-OH is 3. The molecule has 11 nitrogen and oxygen atoms in total. The highest BCUT2D eigenvalue weighted by Crippen LogP contribution is 2.62. The smallest absolute Gasteiger partial charge is 0.338 e. The summed E-state index contributed by atoms with van der Waals surface area (Å²) in [6.07, 6.45) is -8.45. The van der Waals surface area contributed by atoms with E-state index < -0.39 is 89.0 Å². The van der Waals surface area contributed by atoms with Crippen LogP contribution in [0.3, 0.4) is 0 Å². The van der Waals surface area contributed by atoms with Crippen LogP contribution in [0.15, 0.2) is 72.8 Å². The Morgan fingerprint density at radius 1 is 0.844 bits per heavy atom. The van der Waals surface area contributed by atoms with Crippen LogP contribution < -0.4 is 0 Å². The molecule has 0 saturated heterocycles. The molecule has 0 amide bonds. The first-order chi connectivity index (χ1) is 21.0. The third-order valence-corrected chi connectivity index (χ3v) is 10.7. The molecule has 7 N–H and O–H groups in total. The van der Waals surface area contributed by atoms with Crippen LogP contribution in [0.25, 0.3) is 0 Å². The number of aliphatic hydroxyl groups is 7. The van der Waals surface area contributed by atoms with E-state index in [9.17, 15) is 45.3 Å². The van der Waals surface area contributed by atoms with Gasteiger partial charge in [0.1, 0.15) is 30.0 Å². The average molecular weight is 627 g/mol. The van der Waals surface area contributed by atoms with Crippen LogP contribution in [-0.4, -0.2) is 101 Å². The summed E-state index contributed by atoms with van der Waals surface area (Å²) in [5, 5.41) is 84.5. The molecule has 2 aromatic carbocycles. The summed E-state index contributed by atoms with van der Waals surface area (Å²) in [5.74, 6) is -6.70. The molecule has 5 rings (SSSR count). The van der Waals surface area contributed by atoms with Gasteiger partial charge in [-0.25, -0.2) is 9.59 Å². The lowest BCUT2D eigenvalue weighted by Gasteiger charge is -2.58. The Balaban J connectivity index is 1.68. The van der Waals surface area contributed by atoms with Gasteiger partial charge < -0.3 is 45.2 Å². The van der Waals surface area contributed by atoms with Gasteiger partial charge in [-0.3, -0.25) is 0 Å². The average Bonchev–Trinajstić information content (AvgIpc) is 3.25. The lowest BCUT2D eigenvalue weighted by molar-refractivity contribution is -0.265. The van der Waals surface area contributed by atoms with Gasteiger partial charge in [0, 0.05) is 5.92 Å². The first kappa shape index (κ1) is 33.2. The molecular weight excluding hydrogens is 584 g/mol. The van der Waals surface area contributed by atoms with Crippen molar-refractivity contribution in [2.45, 2.75) is 80.4 Å². The summed E-state index contributed by atoms with van der Waals surface area (Å²) >= 11 is 0. The van der Waals surface area contributed by atoms with Gasteiger partial charge in [-0.1, -0.05) is 56.8 Å². The van der Waals surface area contributed by atoms with Crippen molar-refractivity contribution in [3.8, 4) is 0 Å². The van der Waals surface area contributed by atoms with E-state index in [2.05, 4.69) is 6.58 Å². The van der Waals surface area contributed by atoms with E-state index in [1.165, 1.54) is 31.2 Å². The molecule has 3 aliphatic carbocycles. The van der Waals surface area contributed by atoms with Crippen molar-refractivity contribution in [1.29, 1.82) is 0 Å². The maximum absolute atomic E-state index is 13.5. The van der Waals surface area contributed by atoms with Crippen LogP contribution in [-0.2, 0) is 9.47 Å². The Labute approximate surface area is 261 Å². The Hall–Kier alpha value is -3.16. The number of esters is 2. The molecule has 12 unspecified atom stereocenters. The van der Waals surface area contributed by atoms with Gasteiger partial charge in [0.15, 0.2) is 5.60 Å². The van der Waals surface area contributed by atoms with Crippen LogP contribution in [0.4, 0.5) is 0 Å². The van der Waals surface area contributed by atoms with Crippen molar-refractivity contribution >= 4 is 11.9 Å². The minimum Gasteiger partial charge on any atom is -0.459 e. The first-order valence-electron chi connectivity index (χ1n) is 15.1. The highest BCUT2D eigenvalue weighted by molar-refractivity contribution is 5.90. The lowest BCUT2D eigenvalue weighted by atomic mass is 9.53. The number of rotatable bonds is 6. The number of benzene rings is 2. The third kappa shape index (κ3) is 4.93. The third-order valence-electron chi connectivity index (χ3n) is 10.7. The molecule has 0 aliphatic heterocycles. The molecule has 11 heteroatoms. The van der Waals surface area contributed by atoms with Crippen molar-refractivity contribution in [2.75, 3.05) is 6.61 Å². The van der Waals surface area contributed by atoms with E-state index >= 15 is 0 Å². The molecule has 3 fully saturated rings. The molecule has 0 bridgehead atoms. The molecule has 3 saturated carbocycles. The van der Waals surface area contributed by atoms with Gasteiger partial charge in [-0.2, -0.15) is 0 Å². The SMILES string of the molecule is C=C(C)C1(O)CC(C)C2(O)C(C1OC(=O)c1ccccc1)C(O)C(O)(COC(=O)c1ccccc1)C(O)C1(O)C(O)C(C)CC21. The molecule has 0 radical (unpaired) electrons. The zero-order valence-corrected chi connectivity index (χ0v) is 25.5. The first-order valence-corrected chi connectivity index (χ1v) is 15.1. The summed E-state index contributed by atoms with van der Waals surface area (Å²) in [5.41, 5.74) is -9.55. The number of hydrogen-bond donors (Lipinski definition) is 7. The van der Waals surface area contributed by atoms with Gasteiger partial charge >= 0.3 is 11.9 Å². The number of ether oxygens (including phenoxy) is 2. The maximum atomic E-state index is 13.5. The van der Waals surface area contributed by atoms with Gasteiger partial charge in [-0.05, 0) is 61.4 Å². The number of carbonyl (C=O) groups is 2. The quantitative estimate of drug-likeness (QED) is 0.178. The van der Waals surface area contributed by atoms with Gasteiger partial charge in [0.25, 0.3) is 0 Å². The molecule has 0 aromatic heterocycles. The van der Waals surface area contributed by atoms with E-state index in [4.69, 9.17) is 9.47 Å². The monoisotopic (exact) mass is 626 g/mol. The van der Waals surface area contributed by atoms with Crippen LogP contribution in [0.5, 0.6) is 0 Å². The highest BCUT2D eigenvalue weighted by Gasteiger charge is 2.78. The number of fused-ring (bicyclic) bond motifs is 3. The number of hydrogen-bond acceptors (Lipinski definition) is 11. The van der Waals surface area contributed by atoms with Crippen molar-refractivity contribution in [3.05, 3.63) is 83.9 Å². The van der Waals surface area contributed by atoms with Crippen molar-refractivity contribution in [2.24, 2.45) is 23.7 Å². The fourth-order valence-corrected chi connectivity index (χ4v) is 8.09. The van der Waals surface area contributed by atoms with E-state index in [0.717, 1.165) is 0 Å². The van der Waals surface area contributed by atoms with E-state index in [1.807, 2.05) is 0 Å². The zero-order chi connectivity index (χ0) is 33.1. The predicted molar refractivity (Wildman–Crippen MR) is 160 cm³/mol. The molecule has 3 aliphatic rings. The van der Waals surface area contributed by atoms with E-state index in [-0.39, 0.29) is 29.5 Å². The van der Waals surface area contributed by atoms with Crippen LogP contribution >= 0.6 is 0 Å². The van der Waals surface area contributed by atoms with Gasteiger partial charge in [-0.15, -0.1) is 0 Å². The summed E-state index contributed by atoms with van der Waals surface area (Å²) in [6.45, 7) is 7.45. The van der Waals surface area contributed by atoms with Gasteiger partial charge in [0.05, 0.1) is 34.9 Å². The molecule has 244 valence electrons. The van der Waals surface area contributed by atoms with Crippen LogP contribution in [0, 0.1) is 23.7 Å². The van der Waals surface area contributed by atoms with Crippen LogP contribution in [0.2, 0.25) is 0 Å². The van der Waals surface area contributed by atoms with Crippen molar-refractivity contribution in [1.82, 2.24) is 0 Å². The Kier molecular flexibility index (Phi) is 8.54. The summed E-state index contributed by atoms with van der Waals surface area (Å²) < 4.78 is 11.3. The maximum Gasteiger partial charge on any atom is 0.338 e. The van der Waals surface area contributed by atoms with Crippen molar-refractivity contribution < 1.29 is 54.8 Å². The summed E-state index contributed by atoms with van der Waals surface area (Å²) in [4.78, 5) is 26.4. The van der Waals surface area contributed by atoms with E-state index in [1.54, 1.807) is 50.2 Å². The molecule has 12 atom stereocenters. The topological polar surface area (TPSA) is 194 Å². The number of carbonyl (C=O) groups excluding carboxylic acids is 2. The Morgan fingerprint density at radius 3 is 1.91 bits per heavy atom. The normalized spacial score (nSPS) is 42.5. The second kappa shape index (κ2) is 11.6. The second-order valence-electron chi connectivity index (χ2n) is 13.3. The predicted octanol–water partition coefficient (Wildman–Crippen LogP) is 0.978.